The van der Waals surface area contributed by atoms with Crippen LogP contribution in [0, 0.1) is 0 Å². The minimum atomic E-state index is -0.460. The first-order chi connectivity index (χ1) is 9.65. The molecule has 0 bridgehead atoms. The Morgan fingerprint density at radius 3 is 2.81 bits per heavy atom. The number of nitrogens with one attached hydrogen (secondary N) is 1. The zero-order valence-electron chi connectivity index (χ0n) is 9.87. The maximum absolute atomic E-state index is 12.1. The molecule has 0 fully saturated rings. The van der Waals surface area contributed by atoms with Crippen LogP contribution in [0.1, 0.15) is 17.8 Å². The monoisotopic (exact) mass is 366 g/mol. The van der Waals surface area contributed by atoms with E-state index >= 15 is 0 Å². The highest BCUT2D eigenvalue weighted by molar-refractivity contribution is 9.11. The van der Waals surface area contributed by atoms with E-state index in [1.807, 2.05) is 6.07 Å². The largest absolute Gasteiger partial charge is 0.505 e. The number of carbonyl (C=O) groups excluding carboxylic acids is 1. The first-order valence-electron chi connectivity index (χ1n) is 5.52. The van der Waals surface area contributed by atoms with Gasteiger partial charge < -0.3 is 5.11 Å². The molecule has 0 radical (unpaired) electrons. The molecule has 2 aromatic heterocycles. The highest BCUT2D eigenvalue weighted by Crippen LogP contribution is 2.28. The third-order valence-electron chi connectivity index (χ3n) is 2.61. The number of aromatic nitrogens is 3. The van der Waals surface area contributed by atoms with Gasteiger partial charge in [-0.2, -0.15) is 0 Å². The second kappa shape index (κ2) is 6.15. The number of phenols is 1. The lowest BCUT2D eigenvalue weighted by Gasteiger charge is -2.06. The molecule has 0 spiro atoms. The Kier molecular flexibility index (Phi) is 4.49. The number of hydrogen-bond acceptors (Lipinski definition) is 6. The molecule has 0 aliphatic rings. The number of halogens is 1. The van der Waals surface area contributed by atoms with E-state index in [0.29, 0.717) is 14.6 Å². The van der Waals surface area contributed by atoms with E-state index in [-0.39, 0.29) is 18.7 Å². The van der Waals surface area contributed by atoms with Crippen molar-refractivity contribution in [3.05, 3.63) is 39.9 Å². The summed E-state index contributed by atoms with van der Waals surface area (Å²) in [7, 11) is 0. The number of benzene rings is 1. The van der Waals surface area contributed by atoms with Crippen molar-refractivity contribution in [3.63, 3.8) is 0 Å². The Labute approximate surface area is 133 Å². The van der Waals surface area contributed by atoms with Crippen LogP contribution in [-0.2, 0) is 0 Å². The zero-order valence-corrected chi connectivity index (χ0v) is 12.3. The molecule has 2 N–H and O–H groups in total. The molecule has 6 nitrogen and oxygen atoms in total. The van der Waals surface area contributed by atoms with Gasteiger partial charge in [0.1, 0.15) is 5.52 Å². The zero-order chi connectivity index (χ0) is 14.1. The topological polar surface area (TPSA) is 88.0 Å². The summed E-state index contributed by atoms with van der Waals surface area (Å²) in [5, 5.41) is 21.3. The first-order valence-corrected chi connectivity index (χ1v) is 7.13. The molecule has 108 valence electrons. The highest BCUT2D eigenvalue weighted by atomic mass is 79.9. The Hall–Kier alpha value is -2.06. The summed E-state index contributed by atoms with van der Waals surface area (Å²) in [6.07, 6.45) is 1.56. The summed E-state index contributed by atoms with van der Waals surface area (Å²) in [6.45, 7) is 0. The van der Waals surface area contributed by atoms with Gasteiger partial charge in [0.15, 0.2) is 9.67 Å². The van der Waals surface area contributed by atoms with Gasteiger partial charge in [-0.25, -0.2) is 0 Å². The van der Waals surface area contributed by atoms with E-state index in [4.69, 9.17) is 0 Å². The second-order valence-electron chi connectivity index (χ2n) is 3.85. The average Bonchev–Trinajstić information content (AvgIpc) is 2.84. The molecule has 0 saturated carbocycles. The number of aromatic hydroxyl groups is 1. The lowest BCUT2D eigenvalue weighted by atomic mass is 10.1. The van der Waals surface area contributed by atoms with E-state index in [1.165, 1.54) is 11.3 Å². The molecular weight excluding hydrogens is 356 g/mol. The molecule has 0 aliphatic heterocycles. The maximum atomic E-state index is 12.1. The fraction of sp³-hybridized carbons (Fsp3) is 0.0769. The molecular formula is C13H11BrN4O2S. The van der Waals surface area contributed by atoms with E-state index in [2.05, 4.69) is 36.4 Å². The lowest BCUT2D eigenvalue weighted by molar-refractivity contribution is 0.102. The third kappa shape index (κ3) is 3.01. The normalized spacial score (nSPS) is 10.1. The van der Waals surface area contributed by atoms with Gasteiger partial charge in [-0.15, -0.1) is 10.2 Å². The molecule has 21 heavy (non-hydrogen) atoms. The van der Waals surface area contributed by atoms with Crippen molar-refractivity contribution in [1.29, 1.82) is 0 Å². The van der Waals surface area contributed by atoms with Crippen LogP contribution in [0.5, 0.6) is 5.75 Å². The first kappa shape index (κ1) is 15.3. The van der Waals surface area contributed by atoms with E-state index in [0.717, 1.165) is 5.39 Å². The van der Waals surface area contributed by atoms with Crippen molar-refractivity contribution in [1.82, 2.24) is 15.2 Å². The molecule has 0 unspecified atom stereocenters. The Balaban J connectivity index is 0.00000161. The molecule has 2 heterocycles. The van der Waals surface area contributed by atoms with Crippen LogP contribution >= 0.6 is 27.3 Å². The van der Waals surface area contributed by atoms with Gasteiger partial charge in [-0.3, -0.25) is 15.1 Å². The fourth-order valence-corrected chi connectivity index (χ4v) is 2.74. The molecule has 1 amide bonds. The maximum Gasteiger partial charge on any atom is 0.261 e. The number of fused-ring (bicyclic) bond motifs is 1. The van der Waals surface area contributed by atoms with Gasteiger partial charge in [0, 0.05) is 11.6 Å². The summed E-state index contributed by atoms with van der Waals surface area (Å²) < 4.78 is 0.567. The second-order valence-corrected chi connectivity index (χ2v) is 6.10. The smallest absolute Gasteiger partial charge is 0.261 e. The van der Waals surface area contributed by atoms with Crippen LogP contribution in [0.2, 0.25) is 0 Å². The third-order valence-corrected chi connectivity index (χ3v) is 3.88. The van der Waals surface area contributed by atoms with Crippen molar-refractivity contribution in [3.8, 4) is 5.75 Å². The van der Waals surface area contributed by atoms with Crippen LogP contribution in [0.4, 0.5) is 5.13 Å². The van der Waals surface area contributed by atoms with Crippen molar-refractivity contribution in [2.75, 3.05) is 5.32 Å². The predicted molar refractivity (Wildman–Crippen MR) is 85.7 cm³/mol. The van der Waals surface area contributed by atoms with Crippen molar-refractivity contribution < 1.29 is 9.90 Å². The minimum absolute atomic E-state index is 0. The van der Waals surface area contributed by atoms with Crippen LogP contribution < -0.4 is 5.32 Å². The summed E-state index contributed by atoms with van der Waals surface area (Å²) in [6, 6.07) is 6.85. The molecule has 0 atom stereocenters. The van der Waals surface area contributed by atoms with Gasteiger partial charge in [-0.1, -0.05) is 30.9 Å². The number of carbonyl (C=O) groups is 1. The highest BCUT2D eigenvalue weighted by Gasteiger charge is 2.16. The molecule has 1 aromatic carbocycles. The SMILES string of the molecule is C.O=C(Nc1nnc(Br)s1)c1ccc2cccnc2c1O. The lowest BCUT2D eigenvalue weighted by Crippen LogP contribution is -2.12. The summed E-state index contributed by atoms with van der Waals surface area (Å²) in [5.74, 6) is -0.608. The number of pyridine rings is 1. The fourth-order valence-electron chi connectivity index (χ4n) is 1.73. The van der Waals surface area contributed by atoms with E-state index < -0.39 is 5.91 Å². The standard InChI is InChI=1S/C12H7BrN4O2S.CH4/c13-11-16-17-12(20-11)15-10(19)7-4-3-6-2-1-5-14-8(6)9(7)18;/h1-5,18H,(H,15,17,19);1H4. The van der Waals surface area contributed by atoms with Crippen molar-refractivity contribution in [2.24, 2.45) is 0 Å². The molecule has 0 aliphatic carbocycles. The van der Waals surface area contributed by atoms with Gasteiger partial charge in [0.2, 0.25) is 5.13 Å². The molecule has 3 rings (SSSR count). The van der Waals surface area contributed by atoms with E-state index in [9.17, 15) is 9.90 Å². The Morgan fingerprint density at radius 1 is 1.29 bits per heavy atom. The number of phenolic OH excluding ortho intramolecular Hbond substituents is 1. The molecule has 0 saturated heterocycles. The molecule has 8 heteroatoms. The Bertz CT molecular complexity index is 806. The Morgan fingerprint density at radius 2 is 2.10 bits per heavy atom. The minimum Gasteiger partial charge on any atom is -0.505 e. The van der Waals surface area contributed by atoms with Gasteiger partial charge in [-0.05, 0) is 28.1 Å². The van der Waals surface area contributed by atoms with E-state index in [1.54, 1.807) is 24.4 Å². The quantitative estimate of drug-likeness (QED) is 0.724. The van der Waals surface area contributed by atoms with Crippen molar-refractivity contribution in [2.45, 2.75) is 7.43 Å². The number of amides is 1. The summed E-state index contributed by atoms with van der Waals surface area (Å²) >= 11 is 4.35. The molecule has 3 aromatic rings. The van der Waals surface area contributed by atoms with Crippen LogP contribution in [-0.4, -0.2) is 26.2 Å². The number of rotatable bonds is 2. The van der Waals surface area contributed by atoms with Crippen LogP contribution in [0.25, 0.3) is 10.9 Å². The van der Waals surface area contributed by atoms with Crippen LogP contribution in [0.15, 0.2) is 34.4 Å². The average molecular weight is 367 g/mol. The van der Waals surface area contributed by atoms with Crippen LogP contribution in [0.3, 0.4) is 0 Å². The number of anilines is 1. The summed E-state index contributed by atoms with van der Waals surface area (Å²) in [4.78, 5) is 16.2. The van der Waals surface area contributed by atoms with Gasteiger partial charge in [0.25, 0.3) is 5.91 Å². The van der Waals surface area contributed by atoms with Gasteiger partial charge in [0.05, 0.1) is 5.56 Å². The summed E-state index contributed by atoms with van der Waals surface area (Å²) in [5.41, 5.74) is 0.529. The number of nitrogens with zero attached hydrogens (tertiary/aromatic N) is 3. The van der Waals surface area contributed by atoms with Gasteiger partial charge >= 0.3 is 0 Å². The number of hydrogen-bond donors (Lipinski definition) is 2. The predicted octanol–water partition coefficient (Wildman–Crippen LogP) is 3.44. The van der Waals surface area contributed by atoms with Crippen molar-refractivity contribution >= 4 is 49.2 Å².